The number of rotatable bonds is 5. The number of carbonyl (C=O) groups excluding carboxylic acids is 2. The van der Waals surface area contributed by atoms with Gasteiger partial charge < -0.3 is 19.8 Å². The smallest absolute Gasteiger partial charge is 0.439 e. The van der Waals surface area contributed by atoms with Gasteiger partial charge in [-0.2, -0.15) is 26.3 Å². The third-order valence-electron chi connectivity index (χ3n) is 5.01. The zero-order valence-electron chi connectivity index (χ0n) is 16.6. The number of carbonyl (C=O) groups is 2. The molecule has 6 nitrogen and oxygen atoms in total. The molecule has 3 rings (SSSR count). The molecule has 2 N–H and O–H groups in total. The molecule has 1 aliphatic rings. The molecule has 0 aromatic carbocycles. The molecule has 0 saturated carbocycles. The molecule has 0 spiro atoms. The Hall–Kier alpha value is -2.70. The molecule has 2 aromatic heterocycles. The first-order valence-corrected chi connectivity index (χ1v) is 10.2. The van der Waals surface area contributed by atoms with E-state index in [4.69, 9.17) is 0 Å². The molecule has 0 fully saturated rings. The van der Waals surface area contributed by atoms with E-state index in [2.05, 4.69) is 9.15 Å². The number of methoxy groups -OCH3 is 1. The fourth-order valence-electron chi connectivity index (χ4n) is 3.43. The van der Waals surface area contributed by atoms with Crippen LogP contribution >= 0.6 is 11.3 Å². The first-order valence-electron chi connectivity index (χ1n) is 9.42. The van der Waals surface area contributed by atoms with Gasteiger partial charge in [-0.1, -0.05) is 6.42 Å². The van der Waals surface area contributed by atoms with Crippen molar-refractivity contribution >= 4 is 28.2 Å². The van der Waals surface area contributed by atoms with Crippen LogP contribution in [0, 0.1) is 0 Å². The maximum absolute atomic E-state index is 14.0. The second kappa shape index (κ2) is 8.68. The highest BCUT2D eigenvalue weighted by atomic mass is 32.1. The van der Waals surface area contributed by atoms with E-state index in [0.717, 1.165) is 37.2 Å². The van der Waals surface area contributed by atoms with Crippen molar-refractivity contribution in [1.82, 2.24) is 5.32 Å². The maximum atomic E-state index is 14.0. The van der Waals surface area contributed by atoms with Crippen LogP contribution < -0.4 is 10.6 Å². The number of aryl methyl sites for hydroxylation is 1. The van der Waals surface area contributed by atoms with Gasteiger partial charge in [-0.15, -0.1) is 11.3 Å². The van der Waals surface area contributed by atoms with E-state index in [0.29, 0.717) is 47.5 Å². The van der Waals surface area contributed by atoms with Crippen molar-refractivity contribution in [2.24, 2.45) is 0 Å². The molecule has 0 aliphatic heterocycles. The van der Waals surface area contributed by atoms with Crippen molar-refractivity contribution in [3.05, 3.63) is 40.2 Å². The summed E-state index contributed by atoms with van der Waals surface area (Å²) in [4.78, 5) is 25.0. The minimum absolute atomic E-state index is 0.307. The van der Waals surface area contributed by atoms with Gasteiger partial charge in [0.25, 0.3) is 5.91 Å². The second-order valence-electron chi connectivity index (χ2n) is 7.06. The van der Waals surface area contributed by atoms with Gasteiger partial charge in [0.05, 0.1) is 18.9 Å². The second-order valence-corrected chi connectivity index (χ2v) is 8.17. The Bertz CT molecular complexity index is 967. The van der Waals surface area contributed by atoms with Gasteiger partial charge in [0.2, 0.25) is 0 Å². The molecule has 0 unspecified atom stereocenters. The number of halogens is 6. The average molecular weight is 484 g/mol. The number of ether oxygens (including phenoxy) is 1. The number of nitrogens with one attached hydrogen (secondary N) is 2. The molecule has 0 saturated heterocycles. The zero-order valence-corrected chi connectivity index (χ0v) is 17.4. The topological polar surface area (TPSA) is 80.6 Å². The maximum Gasteiger partial charge on any atom is 0.439 e. The van der Waals surface area contributed by atoms with Crippen LogP contribution in [0.1, 0.15) is 50.6 Å². The number of esters is 1. The minimum atomic E-state index is -6.04. The molecule has 0 atom stereocenters. The standard InChI is InChI=1S/C19H18F6N2O4S/c1-30-16(29)13-10-6-3-2-4-8-12(10)32-15(13)27-17(18(20,21)22,19(23,24)25)26-14(28)11-7-5-9-31-11/h5,7,9,27H,2-4,6,8H2,1H3,(H,26,28). The Morgan fingerprint density at radius 3 is 2.28 bits per heavy atom. The molecule has 1 aliphatic carbocycles. The van der Waals surface area contributed by atoms with Crippen LogP contribution in [-0.4, -0.2) is 37.0 Å². The lowest BCUT2D eigenvalue weighted by molar-refractivity contribution is -0.294. The Kier molecular flexibility index (Phi) is 6.50. The Morgan fingerprint density at radius 2 is 1.72 bits per heavy atom. The third kappa shape index (κ3) is 4.30. The molecule has 2 aromatic rings. The summed E-state index contributed by atoms with van der Waals surface area (Å²) in [6, 6.07) is 2.05. The number of furan rings is 1. The largest absolute Gasteiger partial charge is 0.465 e. The fourth-order valence-corrected chi connectivity index (χ4v) is 4.77. The lowest BCUT2D eigenvalue weighted by Gasteiger charge is -2.38. The van der Waals surface area contributed by atoms with Gasteiger partial charge in [-0.25, -0.2) is 4.79 Å². The minimum Gasteiger partial charge on any atom is -0.465 e. The lowest BCUT2D eigenvalue weighted by Crippen LogP contribution is -2.72. The Labute approximate surface area is 181 Å². The number of hydrogen-bond donors (Lipinski definition) is 2. The van der Waals surface area contributed by atoms with Gasteiger partial charge in [0, 0.05) is 4.88 Å². The predicted octanol–water partition coefficient (Wildman–Crippen LogP) is 5.06. The highest BCUT2D eigenvalue weighted by Crippen LogP contribution is 2.47. The number of fused-ring (bicyclic) bond motifs is 1. The molecule has 13 heteroatoms. The van der Waals surface area contributed by atoms with Gasteiger partial charge in [-0.05, 0) is 43.4 Å². The number of anilines is 1. The van der Waals surface area contributed by atoms with Crippen molar-refractivity contribution in [2.75, 3.05) is 12.4 Å². The molecule has 0 radical (unpaired) electrons. The summed E-state index contributed by atoms with van der Waals surface area (Å²) >= 11 is 0.616. The number of hydrogen-bond acceptors (Lipinski definition) is 6. The molecule has 32 heavy (non-hydrogen) atoms. The van der Waals surface area contributed by atoms with Crippen LogP contribution in [0.15, 0.2) is 22.8 Å². The van der Waals surface area contributed by atoms with Crippen LogP contribution in [-0.2, 0) is 17.6 Å². The van der Waals surface area contributed by atoms with E-state index < -0.39 is 40.7 Å². The number of amides is 1. The highest BCUT2D eigenvalue weighted by molar-refractivity contribution is 7.16. The Balaban J connectivity index is 2.15. The molecule has 176 valence electrons. The van der Waals surface area contributed by atoms with Gasteiger partial charge in [-0.3, -0.25) is 4.79 Å². The Morgan fingerprint density at radius 1 is 1.06 bits per heavy atom. The molecule has 2 heterocycles. The summed E-state index contributed by atoms with van der Waals surface area (Å²) < 4.78 is 93.2. The summed E-state index contributed by atoms with van der Waals surface area (Å²) in [5.41, 5.74) is -4.92. The van der Waals surface area contributed by atoms with Crippen molar-refractivity contribution in [1.29, 1.82) is 0 Å². The van der Waals surface area contributed by atoms with Crippen LogP contribution in [0.3, 0.4) is 0 Å². The van der Waals surface area contributed by atoms with E-state index in [1.807, 2.05) is 0 Å². The van der Waals surface area contributed by atoms with Gasteiger partial charge in [0.15, 0.2) is 5.76 Å². The number of thiophene rings is 1. The summed E-state index contributed by atoms with van der Waals surface area (Å²) in [7, 11) is 0.978. The zero-order chi connectivity index (χ0) is 23.7. The van der Waals surface area contributed by atoms with Crippen LogP contribution in [0.2, 0.25) is 0 Å². The highest BCUT2D eigenvalue weighted by Gasteiger charge is 2.73. The first kappa shape index (κ1) is 24.0. The van der Waals surface area contributed by atoms with Crippen LogP contribution in [0.25, 0.3) is 0 Å². The summed E-state index contributed by atoms with van der Waals surface area (Å²) in [6.45, 7) is 0. The third-order valence-corrected chi connectivity index (χ3v) is 6.22. The van der Waals surface area contributed by atoms with Gasteiger partial charge >= 0.3 is 24.0 Å². The van der Waals surface area contributed by atoms with E-state index in [1.165, 1.54) is 5.32 Å². The van der Waals surface area contributed by atoms with Crippen molar-refractivity contribution in [3.8, 4) is 0 Å². The molecule has 1 amide bonds. The SMILES string of the molecule is COC(=O)c1c(NC(NC(=O)c2ccco2)(C(F)(F)F)C(F)(F)F)sc2c1CCCCC2. The molecular formula is C19H18F6N2O4S. The normalized spacial score (nSPS) is 15.0. The van der Waals surface area contributed by atoms with Crippen molar-refractivity contribution in [3.63, 3.8) is 0 Å². The van der Waals surface area contributed by atoms with E-state index in [1.54, 1.807) is 0 Å². The van der Waals surface area contributed by atoms with Gasteiger partial charge in [0.1, 0.15) is 5.00 Å². The van der Waals surface area contributed by atoms with Crippen LogP contribution in [0.4, 0.5) is 31.3 Å². The van der Waals surface area contributed by atoms with Crippen molar-refractivity contribution in [2.45, 2.75) is 50.1 Å². The lowest BCUT2D eigenvalue weighted by atomic mass is 10.0. The number of alkyl halides is 6. The van der Waals surface area contributed by atoms with E-state index in [-0.39, 0.29) is 5.56 Å². The molecule has 0 bridgehead atoms. The van der Waals surface area contributed by atoms with E-state index in [9.17, 15) is 35.9 Å². The average Bonchev–Trinajstić information content (AvgIpc) is 3.28. The quantitative estimate of drug-likeness (QED) is 0.269. The van der Waals surface area contributed by atoms with E-state index >= 15 is 0 Å². The predicted molar refractivity (Wildman–Crippen MR) is 102 cm³/mol. The summed E-state index contributed by atoms with van der Waals surface area (Å²) in [6.07, 6.45) is -8.35. The monoisotopic (exact) mass is 484 g/mol. The summed E-state index contributed by atoms with van der Waals surface area (Å²) in [5, 5.41) is 1.74. The van der Waals surface area contributed by atoms with Crippen molar-refractivity contribution < 1.29 is 45.1 Å². The fraction of sp³-hybridized carbons (Fsp3) is 0.474. The van der Waals surface area contributed by atoms with Crippen LogP contribution in [0.5, 0.6) is 0 Å². The first-order chi connectivity index (χ1) is 14.9. The summed E-state index contributed by atoms with van der Waals surface area (Å²) in [5.74, 6) is -3.56. The molecular weight excluding hydrogens is 466 g/mol.